The minimum Gasteiger partial charge on any atom is -0.383 e. The summed E-state index contributed by atoms with van der Waals surface area (Å²) in [4.78, 5) is 11.3. The van der Waals surface area contributed by atoms with Gasteiger partial charge in [-0.05, 0) is 43.9 Å². The molecule has 0 radical (unpaired) electrons. The molecule has 3 rings (SSSR count). The topological polar surface area (TPSA) is 55.0 Å². The van der Waals surface area contributed by atoms with Crippen LogP contribution in [0, 0.1) is 24.7 Å². The zero-order chi connectivity index (χ0) is 14.3. The summed E-state index contributed by atoms with van der Waals surface area (Å²) in [5.74, 6) is 5.31. The Kier molecular flexibility index (Phi) is 3.57. The SMILES string of the molecule is CCc1nc(N)c(C)c(N(C)CC2CC3CCC2C3)n1. The van der Waals surface area contributed by atoms with Crippen molar-refractivity contribution in [3.05, 3.63) is 11.4 Å². The highest BCUT2D eigenvalue weighted by Crippen LogP contribution is 2.48. The lowest BCUT2D eigenvalue weighted by Gasteiger charge is -2.29. The molecule has 3 unspecified atom stereocenters. The fourth-order valence-corrected chi connectivity index (χ4v) is 4.14. The Hall–Kier alpha value is -1.32. The van der Waals surface area contributed by atoms with Crippen molar-refractivity contribution < 1.29 is 0 Å². The molecule has 2 fully saturated rings. The highest BCUT2D eigenvalue weighted by molar-refractivity contribution is 5.56. The van der Waals surface area contributed by atoms with Crippen LogP contribution < -0.4 is 10.6 Å². The van der Waals surface area contributed by atoms with Crippen molar-refractivity contribution in [2.75, 3.05) is 24.2 Å². The van der Waals surface area contributed by atoms with Gasteiger partial charge in [-0.15, -0.1) is 0 Å². The second-order valence-corrected chi connectivity index (χ2v) is 6.64. The van der Waals surface area contributed by atoms with Crippen LogP contribution in [-0.4, -0.2) is 23.6 Å². The molecule has 4 nitrogen and oxygen atoms in total. The summed E-state index contributed by atoms with van der Waals surface area (Å²) >= 11 is 0. The van der Waals surface area contributed by atoms with E-state index in [1.807, 2.05) is 6.92 Å². The normalized spacial score (nSPS) is 28.1. The molecule has 0 saturated heterocycles. The first-order chi connectivity index (χ1) is 9.58. The number of aryl methyl sites for hydroxylation is 1. The first-order valence-electron chi connectivity index (χ1n) is 7.92. The van der Waals surface area contributed by atoms with Gasteiger partial charge in [0.15, 0.2) is 0 Å². The summed E-state index contributed by atoms with van der Waals surface area (Å²) < 4.78 is 0. The zero-order valence-electron chi connectivity index (χ0n) is 12.9. The molecular weight excluding hydrogens is 248 g/mol. The molecule has 110 valence electrons. The van der Waals surface area contributed by atoms with Crippen molar-refractivity contribution in [2.24, 2.45) is 17.8 Å². The Morgan fingerprint density at radius 2 is 2.05 bits per heavy atom. The summed E-state index contributed by atoms with van der Waals surface area (Å²) in [5.41, 5.74) is 7.05. The molecule has 0 aromatic carbocycles. The first-order valence-corrected chi connectivity index (χ1v) is 7.92. The number of nitrogen functional groups attached to an aromatic ring is 1. The van der Waals surface area contributed by atoms with Gasteiger partial charge in [-0.2, -0.15) is 0 Å². The Bertz CT molecular complexity index is 499. The van der Waals surface area contributed by atoms with E-state index in [4.69, 9.17) is 10.7 Å². The van der Waals surface area contributed by atoms with Crippen LogP contribution in [0.4, 0.5) is 11.6 Å². The third-order valence-corrected chi connectivity index (χ3v) is 5.27. The van der Waals surface area contributed by atoms with E-state index < -0.39 is 0 Å². The second kappa shape index (κ2) is 5.23. The third-order valence-electron chi connectivity index (χ3n) is 5.27. The summed E-state index contributed by atoms with van der Waals surface area (Å²) in [5, 5.41) is 0. The number of hydrogen-bond donors (Lipinski definition) is 1. The van der Waals surface area contributed by atoms with Gasteiger partial charge in [0.2, 0.25) is 0 Å². The summed E-state index contributed by atoms with van der Waals surface area (Å²) in [7, 11) is 2.15. The van der Waals surface area contributed by atoms with Crippen molar-refractivity contribution >= 4 is 11.6 Å². The van der Waals surface area contributed by atoms with E-state index in [1.54, 1.807) is 0 Å². The van der Waals surface area contributed by atoms with Crippen LogP contribution >= 0.6 is 0 Å². The molecule has 2 aliphatic rings. The number of aromatic nitrogens is 2. The molecule has 3 atom stereocenters. The maximum Gasteiger partial charge on any atom is 0.137 e. The van der Waals surface area contributed by atoms with Gasteiger partial charge in [0, 0.05) is 25.6 Å². The fraction of sp³-hybridized carbons (Fsp3) is 0.750. The molecule has 1 heterocycles. The fourth-order valence-electron chi connectivity index (χ4n) is 4.14. The maximum absolute atomic E-state index is 6.03. The molecule has 20 heavy (non-hydrogen) atoms. The number of rotatable bonds is 4. The van der Waals surface area contributed by atoms with E-state index in [9.17, 15) is 0 Å². The van der Waals surface area contributed by atoms with Crippen LogP contribution in [-0.2, 0) is 6.42 Å². The minimum absolute atomic E-state index is 0.631. The first kappa shape index (κ1) is 13.7. The smallest absolute Gasteiger partial charge is 0.137 e. The van der Waals surface area contributed by atoms with Crippen LogP contribution in [0.3, 0.4) is 0 Å². The number of nitrogens with zero attached hydrogens (tertiary/aromatic N) is 3. The highest BCUT2D eigenvalue weighted by atomic mass is 15.2. The molecule has 1 aromatic rings. The number of fused-ring (bicyclic) bond motifs is 2. The van der Waals surface area contributed by atoms with Crippen LogP contribution in [0.2, 0.25) is 0 Å². The van der Waals surface area contributed by atoms with E-state index in [2.05, 4.69) is 23.9 Å². The number of anilines is 2. The Labute approximate surface area is 121 Å². The van der Waals surface area contributed by atoms with Crippen LogP contribution in [0.5, 0.6) is 0 Å². The van der Waals surface area contributed by atoms with E-state index in [0.717, 1.165) is 47.9 Å². The quantitative estimate of drug-likeness (QED) is 0.917. The lowest BCUT2D eigenvalue weighted by Crippen LogP contribution is -2.30. The molecule has 2 N–H and O–H groups in total. The average molecular weight is 274 g/mol. The minimum atomic E-state index is 0.631. The van der Waals surface area contributed by atoms with Crippen molar-refractivity contribution in [3.63, 3.8) is 0 Å². The van der Waals surface area contributed by atoms with Crippen molar-refractivity contribution in [1.82, 2.24) is 9.97 Å². The van der Waals surface area contributed by atoms with Gasteiger partial charge in [-0.25, -0.2) is 9.97 Å². The lowest BCUT2D eigenvalue weighted by molar-refractivity contribution is 0.337. The Morgan fingerprint density at radius 1 is 1.25 bits per heavy atom. The Morgan fingerprint density at radius 3 is 2.65 bits per heavy atom. The molecule has 2 saturated carbocycles. The van der Waals surface area contributed by atoms with Gasteiger partial charge >= 0.3 is 0 Å². The van der Waals surface area contributed by atoms with E-state index in [0.29, 0.717) is 5.82 Å². The van der Waals surface area contributed by atoms with Gasteiger partial charge in [0.25, 0.3) is 0 Å². The van der Waals surface area contributed by atoms with Crippen molar-refractivity contribution in [3.8, 4) is 0 Å². The van der Waals surface area contributed by atoms with Gasteiger partial charge in [-0.1, -0.05) is 13.3 Å². The maximum atomic E-state index is 6.03. The lowest BCUT2D eigenvalue weighted by atomic mass is 9.88. The molecule has 0 spiro atoms. The molecule has 4 heteroatoms. The van der Waals surface area contributed by atoms with Crippen molar-refractivity contribution in [1.29, 1.82) is 0 Å². The monoisotopic (exact) mass is 274 g/mol. The van der Waals surface area contributed by atoms with Crippen LogP contribution in [0.15, 0.2) is 0 Å². The second-order valence-electron chi connectivity index (χ2n) is 6.64. The predicted molar refractivity (Wildman–Crippen MR) is 82.8 cm³/mol. The van der Waals surface area contributed by atoms with Crippen LogP contribution in [0.1, 0.15) is 44.0 Å². The molecular formula is C16H26N4. The highest BCUT2D eigenvalue weighted by Gasteiger charge is 2.39. The molecule has 1 aromatic heterocycles. The zero-order valence-corrected chi connectivity index (χ0v) is 12.9. The average Bonchev–Trinajstić information content (AvgIpc) is 3.03. The van der Waals surface area contributed by atoms with Gasteiger partial charge in [0.1, 0.15) is 17.5 Å². The summed E-state index contributed by atoms with van der Waals surface area (Å²) in [6.45, 7) is 5.22. The van der Waals surface area contributed by atoms with E-state index in [1.165, 1.54) is 25.7 Å². The van der Waals surface area contributed by atoms with E-state index >= 15 is 0 Å². The Balaban J connectivity index is 1.76. The third kappa shape index (κ3) is 2.36. The van der Waals surface area contributed by atoms with Gasteiger partial charge < -0.3 is 10.6 Å². The molecule has 0 amide bonds. The summed E-state index contributed by atoms with van der Waals surface area (Å²) in [6, 6.07) is 0. The largest absolute Gasteiger partial charge is 0.383 e. The molecule has 2 aliphatic carbocycles. The van der Waals surface area contributed by atoms with E-state index in [-0.39, 0.29) is 0 Å². The predicted octanol–water partition coefficient (Wildman–Crippen LogP) is 2.80. The number of nitrogens with two attached hydrogens (primary N) is 1. The van der Waals surface area contributed by atoms with Gasteiger partial charge in [0.05, 0.1) is 0 Å². The summed E-state index contributed by atoms with van der Waals surface area (Å²) in [6.07, 6.45) is 6.61. The van der Waals surface area contributed by atoms with Crippen molar-refractivity contribution in [2.45, 2.75) is 46.0 Å². The van der Waals surface area contributed by atoms with Crippen LogP contribution in [0.25, 0.3) is 0 Å². The molecule has 2 bridgehead atoms. The number of hydrogen-bond acceptors (Lipinski definition) is 4. The molecule has 0 aliphatic heterocycles. The standard InChI is InChI=1S/C16H26N4/c1-4-14-18-15(17)10(2)16(19-14)20(3)9-13-8-11-5-6-12(13)7-11/h11-13H,4-9H2,1-3H3,(H2,17,18,19). The van der Waals surface area contributed by atoms with Gasteiger partial charge in [-0.3, -0.25) is 0 Å².